The summed E-state index contributed by atoms with van der Waals surface area (Å²) in [6, 6.07) is 13.5. The van der Waals surface area contributed by atoms with Crippen molar-refractivity contribution in [2.75, 3.05) is 6.61 Å². The molecule has 1 aromatic carbocycles. The van der Waals surface area contributed by atoms with Crippen molar-refractivity contribution in [2.45, 2.75) is 20.5 Å². The molecule has 0 saturated carbocycles. The van der Waals surface area contributed by atoms with Crippen molar-refractivity contribution >= 4 is 22.4 Å². The average Bonchev–Trinajstić information content (AvgIpc) is 3.16. The summed E-state index contributed by atoms with van der Waals surface area (Å²) in [6.07, 6.45) is 1.94. The fourth-order valence-corrected chi connectivity index (χ4v) is 3.38. The van der Waals surface area contributed by atoms with E-state index in [2.05, 4.69) is 5.10 Å². The zero-order valence-corrected chi connectivity index (χ0v) is 15.6. The van der Waals surface area contributed by atoms with Gasteiger partial charge in [-0.25, -0.2) is 4.79 Å². The van der Waals surface area contributed by atoms with Crippen LogP contribution in [-0.4, -0.2) is 26.8 Å². The van der Waals surface area contributed by atoms with Crippen LogP contribution in [0, 0.1) is 6.92 Å². The van der Waals surface area contributed by atoms with Crippen LogP contribution in [0.1, 0.15) is 28.7 Å². The van der Waals surface area contributed by atoms with Crippen molar-refractivity contribution in [3.63, 3.8) is 0 Å². The van der Waals surface area contributed by atoms with Gasteiger partial charge in [-0.05, 0) is 44.2 Å². The number of carbonyl (C=O) groups is 1. The number of nitrogens with zero attached hydrogens (tertiary/aromatic N) is 3. The predicted molar refractivity (Wildman–Crippen MR) is 103 cm³/mol. The Hall–Kier alpha value is -3.28. The number of aryl methyl sites for hydroxylation is 2. The van der Waals surface area contributed by atoms with Gasteiger partial charge in [-0.1, -0.05) is 6.07 Å². The van der Waals surface area contributed by atoms with Gasteiger partial charge in [0.25, 0.3) is 0 Å². The summed E-state index contributed by atoms with van der Waals surface area (Å²) in [6.45, 7) is 4.54. The first-order valence-corrected chi connectivity index (χ1v) is 8.90. The van der Waals surface area contributed by atoms with E-state index in [1.165, 1.54) is 0 Å². The summed E-state index contributed by atoms with van der Waals surface area (Å²) in [5, 5.41) is 5.19. The molecular weight excluding hydrogens is 342 g/mol. The number of aromatic nitrogens is 3. The summed E-state index contributed by atoms with van der Waals surface area (Å²) >= 11 is 0. The Morgan fingerprint density at radius 1 is 1.15 bits per heavy atom. The van der Waals surface area contributed by atoms with Gasteiger partial charge in [-0.15, -0.1) is 0 Å². The molecule has 0 bridgehead atoms. The van der Waals surface area contributed by atoms with Gasteiger partial charge in [0.15, 0.2) is 0 Å². The maximum atomic E-state index is 12.5. The molecule has 0 radical (unpaired) electrons. The molecule has 0 fully saturated rings. The quantitative estimate of drug-likeness (QED) is 0.505. The Labute approximate surface area is 156 Å². The van der Waals surface area contributed by atoms with Gasteiger partial charge in [-0.2, -0.15) is 5.10 Å². The molecule has 4 aromatic rings. The molecular formula is C21H21N3O3. The number of carbonyl (C=O) groups excluding carboxylic acids is 1. The molecule has 6 nitrogen and oxygen atoms in total. The van der Waals surface area contributed by atoms with Gasteiger partial charge in [0.05, 0.1) is 34.6 Å². The minimum Gasteiger partial charge on any atom is -0.487 e. The highest BCUT2D eigenvalue weighted by Gasteiger charge is 2.19. The van der Waals surface area contributed by atoms with Gasteiger partial charge in [-0.3, -0.25) is 4.68 Å². The molecule has 6 heteroatoms. The number of fused-ring (bicyclic) bond motifs is 3. The molecule has 0 saturated heterocycles. The SMILES string of the molecule is CCOC(=O)c1c2ccc(OCc3cc(C)nn3C)cc2n2ccccc12. The second-order valence-corrected chi connectivity index (χ2v) is 6.42. The summed E-state index contributed by atoms with van der Waals surface area (Å²) in [5.41, 5.74) is 4.28. The van der Waals surface area contributed by atoms with E-state index in [1.54, 1.807) is 0 Å². The van der Waals surface area contributed by atoms with Crippen molar-refractivity contribution < 1.29 is 14.3 Å². The van der Waals surface area contributed by atoms with Crippen LogP contribution in [0.2, 0.25) is 0 Å². The number of hydrogen-bond acceptors (Lipinski definition) is 4. The van der Waals surface area contributed by atoms with Crippen LogP contribution in [-0.2, 0) is 18.4 Å². The second-order valence-electron chi connectivity index (χ2n) is 6.42. The van der Waals surface area contributed by atoms with Crippen LogP contribution in [0.4, 0.5) is 0 Å². The van der Waals surface area contributed by atoms with E-state index in [4.69, 9.17) is 9.47 Å². The van der Waals surface area contributed by atoms with Crippen LogP contribution in [0.3, 0.4) is 0 Å². The zero-order chi connectivity index (χ0) is 19.0. The lowest BCUT2D eigenvalue weighted by Gasteiger charge is -2.07. The second kappa shape index (κ2) is 6.79. The normalized spacial score (nSPS) is 11.2. The first-order valence-electron chi connectivity index (χ1n) is 8.90. The van der Waals surface area contributed by atoms with Crippen LogP contribution in [0.5, 0.6) is 5.75 Å². The summed E-state index contributed by atoms with van der Waals surface area (Å²) in [7, 11) is 1.90. The van der Waals surface area contributed by atoms with Gasteiger partial charge in [0.1, 0.15) is 12.4 Å². The van der Waals surface area contributed by atoms with E-state index in [0.29, 0.717) is 18.8 Å². The molecule has 138 valence electrons. The van der Waals surface area contributed by atoms with Crippen LogP contribution in [0.25, 0.3) is 16.4 Å². The molecule has 3 heterocycles. The van der Waals surface area contributed by atoms with Crippen molar-refractivity contribution in [2.24, 2.45) is 7.05 Å². The number of esters is 1. The highest BCUT2D eigenvalue weighted by Crippen LogP contribution is 2.30. The third-order valence-corrected chi connectivity index (χ3v) is 4.58. The lowest BCUT2D eigenvalue weighted by molar-refractivity contribution is 0.0531. The topological polar surface area (TPSA) is 57.8 Å². The Morgan fingerprint density at radius 2 is 2.00 bits per heavy atom. The largest absolute Gasteiger partial charge is 0.487 e. The standard InChI is InChI=1S/C21H21N3O3/c1-4-26-21(25)20-17-9-8-16(27-13-15-11-14(2)22-23(15)3)12-19(17)24-10-6-5-7-18(20)24/h5-12H,4,13H2,1-3H3. The maximum Gasteiger partial charge on any atom is 0.340 e. The van der Waals surface area contributed by atoms with Gasteiger partial charge in [0.2, 0.25) is 0 Å². The molecule has 0 N–H and O–H groups in total. The van der Waals surface area contributed by atoms with E-state index in [9.17, 15) is 4.79 Å². The Bertz CT molecular complexity index is 1140. The minimum atomic E-state index is -0.310. The molecule has 0 atom stereocenters. The van der Waals surface area contributed by atoms with Crippen LogP contribution < -0.4 is 4.74 Å². The minimum absolute atomic E-state index is 0.310. The smallest absolute Gasteiger partial charge is 0.340 e. The third-order valence-electron chi connectivity index (χ3n) is 4.58. The molecule has 0 unspecified atom stereocenters. The first-order chi connectivity index (χ1) is 13.1. The number of benzene rings is 1. The van der Waals surface area contributed by atoms with Crippen molar-refractivity contribution in [1.82, 2.24) is 14.2 Å². The predicted octanol–water partition coefficient (Wildman–Crippen LogP) is 3.89. The van der Waals surface area contributed by atoms with Crippen molar-refractivity contribution in [3.05, 3.63) is 65.6 Å². The molecule has 27 heavy (non-hydrogen) atoms. The number of hydrogen-bond donors (Lipinski definition) is 0. The first kappa shape index (κ1) is 17.1. The molecule has 0 aliphatic carbocycles. The Kier molecular flexibility index (Phi) is 4.32. The molecule has 4 rings (SSSR count). The van der Waals surface area contributed by atoms with E-state index in [-0.39, 0.29) is 5.97 Å². The highest BCUT2D eigenvalue weighted by atomic mass is 16.5. The Balaban J connectivity index is 1.75. The number of pyridine rings is 1. The van der Waals surface area contributed by atoms with Gasteiger partial charge in [0, 0.05) is 24.7 Å². The van der Waals surface area contributed by atoms with E-state index in [1.807, 2.05) is 78.6 Å². The van der Waals surface area contributed by atoms with E-state index in [0.717, 1.165) is 33.6 Å². The molecule has 0 aliphatic rings. The fourth-order valence-electron chi connectivity index (χ4n) is 3.38. The lowest BCUT2D eigenvalue weighted by Crippen LogP contribution is -2.04. The van der Waals surface area contributed by atoms with Crippen LogP contribution >= 0.6 is 0 Å². The van der Waals surface area contributed by atoms with Crippen molar-refractivity contribution in [1.29, 1.82) is 0 Å². The summed E-state index contributed by atoms with van der Waals surface area (Å²) in [4.78, 5) is 12.5. The zero-order valence-electron chi connectivity index (χ0n) is 15.6. The number of ether oxygens (including phenoxy) is 2. The van der Waals surface area contributed by atoms with Crippen LogP contribution in [0.15, 0.2) is 48.7 Å². The summed E-state index contributed by atoms with van der Waals surface area (Å²) < 4.78 is 15.0. The summed E-state index contributed by atoms with van der Waals surface area (Å²) in [5.74, 6) is 0.426. The molecule has 0 spiro atoms. The molecule has 0 amide bonds. The molecule has 0 aliphatic heterocycles. The maximum absolute atomic E-state index is 12.5. The lowest BCUT2D eigenvalue weighted by atomic mass is 10.1. The third kappa shape index (κ3) is 3.03. The average molecular weight is 363 g/mol. The van der Waals surface area contributed by atoms with E-state index >= 15 is 0 Å². The molecule has 3 aromatic heterocycles. The van der Waals surface area contributed by atoms with E-state index < -0.39 is 0 Å². The number of rotatable bonds is 5. The highest BCUT2D eigenvalue weighted by molar-refractivity contribution is 6.11. The van der Waals surface area contributed by atoms with Gasteiger partial charge < -0.3 is 13.9 Å². The van der Waals surface area contributed by atoms with Gasteiger partial charge >= 0.3 is 5.97 Å². The Morgan fingerprint density at radius 3 is 2.74 bits per heavy atom. The fraction of sp³-hybridized carbons (Fsp3) is 0.238. The van der Waals surface area contributed by atoms with Crippen molar-refractivity contribution in [3.8, 4) is 5.75 Å². The monoisotopic (exact) mass is 363 g/mol.